The van der Waals surface area contributed by atoms with Gasteiger partial charge in [0.15, 0.2) is 17.5 Å². The molecular formula is C90H98Cl3F3N18O9. The van der Waals surface area contributed by atoms with Crippen molar-refractivity contribution < 1.29 is 57.3 Å². The van der Waals surface area contributed by atoms with Gasteiger partial charge >= 0.3 is 0 Å². The van der Waals surface area contributed by atoms with Crippen molar-refractivity contribution in [3.63, 3.8) is 0 Å². The Bertz CT molecular complexity index is 5730. The molecule has 6 heterocycles. The third-order valence-corrected chi connectivity index (χ3v) is 23.6. The molecular weight excluding hydrogens is 1640 g/mol. The molecule has 9 aromatic rings. The lowest BCUT2D eigenvalue weighted by atomic mass is 9.82. The van der Waals surface area contributed by atoms with Crippen LogP contribution in [0.25, 0.3) is 32.7 Å². The predicted molar refractivity (Wildman–Crippen MR) is 474 cm³/mol. The van der Waals surface area contributed by atoms with Crippen LogP contribution < -0.4 is 30.7 Å². The van der Waals surface area contributed by atoms with Gasteiger partial charge < -0.3 is 75.4 Å². The van der Waals surface area contributed by atoms with Gasteiger partial charge in [0.2, 0.25) is 53.3 Å². The molecule has 644 valence electrons. The van der Waals surface area contributed by atoms with Crippen LogP contribution >= 0.6 is 34.8 Å². The molecule has 3 aliphatic carbocycles. The summed E-state index contributed by atoms with van der Waals surface area (Å²) in [5.41, 5.74) is 6.24. The van der Waals surface area contributed by atoms with Gasteiger partial charge in [-0.3, -0.25) is 28.8 Å². The predicted octanol–water partition coefficient (Wildman–Crippen LogP) is 13.1. The number of fused-ring (bicyclic) bond motifs is 6. The van der Waals surface area contributed by atoms with Gasteiger partial charge in [0.1, 0.15) is 34.0 Å². The van der Waals surface area contributed by atoms with Crippen molar-refractivity contribution in [3.8, 4) is 0 Å². The van der Waals surface area contributed by atoms with Crippen LogP contribution in [0.1, 0.15) is 101 Å². The maximum Gasteiger partial charge on any atom is 0.246 e. The SMILES string of the molecule is C/C=C/C(=O)N1CCN(c2nc(NCCC(=O)N(C)C)nc3c(F)c([C@H]4C=C(O)Cc5ccccc54)c(Cl)cc23)CC1.C=CC(=O)N1CCN(c2nc(NCCC(=O)N(C)C)nc3c(F)c([C@H]4C=C(O)Cc5ccccc54)c(Cl)cc23)CC1.CC(=O)N1CCN(c2nc(NCCC(=O)N(C)C)nc3c(F)c([C@H]4C=C(O)Cc5ccccc54)c(Cl)cc23)CC1. The van der Waals surface area contributed by atoms with Crippen molar-refractivity contribution in [1.29, 1.82) is 0 Å². The molecule has 0 spiro atoms. The van der Waals surface area contributed by atoms with Crippen LogP contribution in [0.5, 0.6) is 0 Å². The summed E-state index contributed by atoms with van der Waals surface area (Å²) in [6.45, 7) is 13.5. The Hall–Kier alpha value is -12.3. The van der Waals surface area contributed by atoms with Crippen LogP contribution in [0.3, 0.4) is 0 Å². The highest BCUT2D eigenvalue weighted by Crippen LogP contribution is 2.47. The molecule has 0 unspecified atom stereocenters. The lowest BCUT2D eigenvalue weighted by Gasteiger charge is -2.35. The summed E-state index contributed by atoms with van der Waals surface area (Å²) in [5, 5.41) is 42.7. The molecule has 3 aromatic heterocycles. The van der Waals surface area contributed by atoms with E-state index in [1.807, 2.05) is 87.5 Å². The molecule has 0 bridgehead atoms. The van der Waals surface area contributed by atoms with Crippen LogP contribution in [0.4, 0.5) is 48.5 Å². The molecule has 6 amide bonds. The number of rotatable bonds is 20. The Morgan fingerprint density at radius 2 is 0.732 bits per heavy atom. The first kappa shape index (κ1) is 88.5. The van der Waals surface area contributed by atoms with Crippen molar-refractivity contribution in [2.75, 3.05) is 171 Å². The van der Waals surface area contributed by atoms with E-state index in [2.05, 4.69) is 37.5 Å². The minimum atomic E-state index is -0.602. The number of carbonyl (C=O) groups excluding carboxylic acids is 6. The summed E-state index contributed by atoms with van der Waals surface area (Å²) in [6, 6.07) is 27.8. The third kappa shape index (κ3) is 19.8. The molecule has 6 aromatic carbocycles. The van der Waals surface area contributed by atoms with Gasteiger partial charge in [-0.15, -0.1) is 0 Å². The summed E-state index contributed by atoms with van der Waals surface area (Å²) in [6.07, 6.45) is 11.2. The average Bonchev–Trinajstić information content (AvgIpc) is 0.752. The number of benzene rings is 6. The monoisotopic (exact) mass is 1740 g/mol. The van der Waals surface area contributed by atoms with Gasteiger partial charge in [-0.2, -0.15) is 15.0 Å². The molecule has 15 rings (SSSR count). The molecule has 33 heteroatoms. The first-order valence-corrected chi connectivity index (χ1v) is 41.8. The molecule has 3 aliphatic heterocycles. The largest absolute Gasteiger partial charge is 0.512 e. The minimum Gasteiger partial charge on any atom is -0.512 e. The fraction of sp³-hybridized carbons (Fsp3) is 0.356. The molecule has 6 N–H and O–H groups in total. The van der Waals surface area contributed by atoms with E-state index in [1.54, 1.807) is 119 Å². The van der Waals surface area contributed by atoms with Gasteiger partial charge in [-0.25, -0.2) is 28.1 Å². The van der Waals surface area contributed by atoms with Crippen molar-refractivity contribution in [3.05, 3.63) is 234 Å². The second-order valence-corrected chi connectivity index (χ2v) is 32.5. The van der Waals surface area contributed by atoms with Crippen LogP contribution in [0.2, 0.25) is 15.1 Å². The Labute approximate surface area is 725 Å². The number of anilines is 6. The van der Waals surface area contributed by atoms with E-state index >= 15 is 13.2 Å². The maximum absolute atomic E-state index is 16.6. The molecule has 3 saturated heterocycles. The first-order valence-electron chi connectivity index (χ1n) is 40.7. The van der Waals surface area contributed by atoms with Crippen molar-refractivity contribution in [2.24, 2.45) is 0 Å². The molecule has 0 radical (unpaired) electrons. The van der Waals surface area contributed by atoms with Crippen molar-refractivity contribution in [1.82, 2.24) is 59.3 Å². The number of hydrogen-bond acceptors (Lipinski definition) is 21. The van der Waals surface area contributed by atoms with Gasteiger partial charge in [0.25, 0.3) is 0 Å². The number of allylic oxidation sites excluding steroid dienone is 7. The average molecular weight is 1740 g/mol. The zero-order chi connectivity index (χ0) is 87.8. The van der Waals surface area contributed by atoms with Gasteiger partial charge in [-0.1, -0.05) is 120 Å². The normalized spacial score (nSPS) is 16.8. The summed E-state index contributed by atoms with van der Waals surface area (Å²) in [7, 11) is 10.1. The van der Waals surface area contributed by atoms with Crippen LogP contribution in [-0.4, -0.2) is 251 Å². The Balaban J connectivity index is 0.000000159. The van der Waals surface area contributed by atoms with E-state index < -0.39 is 35.2 Å². The van der Waals surface area contributed by atoms with E-state index in [1.165, 1.54) is 20.8 Å². The molecule has 6 aliphatic rings. The van der Waals surface area contributed by atoms with Crippen LogP contribution in [0.15, 0.2) is 151 Å². The van der Waals surface area contributed by atoms with Gasteiger partial charge in [0.05, 0.1) is 17.3 Å². The fourth-order valence-electron chi connectivity index (χ4n) is 16.1. The highest BCUT2D eigenvalue weighted by Gasteiger charge is 2.36. The van der Waals surface area contributed by atoms with E-state index in [9.17, 15) is 44.1 Å². The molecule has 123 heavy (non-hydrogen) atoms. The number of aliphatic hydroxyl groups is 3. The number of piperazine rings is 3. The number of carbonyl (C=O) groups is 6. The number of halogens is 6. The van der Waals surface area contributed by atoms with Gasteiger partial charge in [-0.05, 0) is 88.9 Å². The van der Waals surface area contributed by atoms with Crippen molar-refractivity contribution >= 4 is 138 Å². The second-order valence-electron chi connectivity index (χ2n) is 31.3. The van der Waals surface area contributed by atoms with Crippen LogP contribution in [-0.2, 0) is 48.0 Å². The maximum atomic E-state index is 16.6. The van der Waals surface area contributed by atoms with Crippen LogP contribution in [0, 0.1) is 17.5 Å². The minimum absolute atomic E-state index is 0.00270. The standard InChI is InChI=1S/C31H34ClFN6O3.C30H32ClFN6O3.C29H32ClFN6O3/c1-4-7-26(42)38-12-14-39(15-13-38)30-23-18-24(32)27(22-17-20(40)16-19-8-5-6-9-21(19)22)28(33)29(23)35-31(36-30)34-11-10-25(41)37(2)3;1-4-24(40)37-11-13-38(14-12-37)29-22-17-23(31)26(21-16-19(39)15-18-7-5-6-8-20(18)21)27(32)28(22)34-30(35-29)33-10-9-25(41)36(2)3;1-17(38)36-10-12-37(13-11-36)28-22-16-23(30)25(21-15-19(39)14-18-6-4-5-7-20(18)21)26(31)27(22)33-29(34-28)32-9-8-24(40)35(2)3/h4-9,17-18,22,40H,10-16H2,1-3H3,(H,34,35,36);4-8,16-17,21,39H,1,9-15H2,2-3H3,(H,33,34,35);4-7,15-16,21,39H,8-14H2,1-3H3,(H,32,33,34)/b7-4+;;/t22-;2*21-/m000/s1. The number of amides is 6. The van der Waals surface area contributed by atoms with E-state index in [0.29, 0.717) is 131 Å². The Morgan fingerprint density at radius 1 is 0.447 bits per heavy atom. The quantitative estimate of drug-likeness (QED) is 0.0386. The zero-order valence-corrected chi connectivity index (χ0v) is 71.9. The first-order chi connectivity index (χ1) is 59.0. The van der Waals surface area contributed by atoms with Crippen molar-refractivity contribution in [2.45, 2.75) is 70.1 Å². The van der Waals surface area contributed by atoms with E-state index in [4.69, 9.17) is 49.8 Å². The fourth-order valence-corrected chi connectivity index (χ4v) is 17.1. The number of aliphatic hydroxyl groups excluding tert-OH is 3. The Kier molecular flexibility index (Phi) is 28.0. The molecule has 3 atom stereocenters. The van der Waals surface area contributed by atoms with E-state index in [0.717, 1.165) is 33.4 Å². The third-order valence-electron chi connectivity index (χ3n) is 22.6. The smallest absolute Gasteiger partial charge is 0.246 e. The summed E-state index contributed by atoms with van der Waals surface area (Å²) >= 11 is 20.4. The summed E-state index contributed by atoms with van der Waals surface area (Å²) in [4.78, 5) is 116. The molecule has 27 nitrogen and oxygen atoms in total. The molecule has 3 fully saturated rings. The zero-order valence-electron chi connectivity index (χ0n) is 69.7. The molecule has 0 saturated carbocycles. The summed E-state index contributed by atoms with van der Waals surface area (Å²) in [5.74, 6) is -1.47. The Morgan fingerprint density at radius 3 is 1.01 bits per heavy atom. The lowest BCUT2D eigenvalue weighted by Crippen LogP contribution is -2.48. The van der Waals surface area contributed by atoms with Gasteiger partial charge in [0, 0.05) is 252 Å². The number of nitrogens with one attached hydrogen (secondary N) is 3. The summed E-state index contributed by atoms with van der Waals surface area (Å²) < 4.78 is 49.7. The lowest BCUT2D eigenvalue weighted by molar-refractivity contribution is -0.129. The van der Waals surface area contributed by atoms with E-state index in [-0.39, 0.29) is 158 Å². The number of hydrogen-bond donors (Lipinski definition) is 6. The highest BCUT2D eigenvalue weighted by atomic mass is 35.5. The number of nitrogens with zero attached hydrogens (tertiary/aromatic N) is 15. The number of aromatic nitrogens is 6. The topological polar surface area (TPSA) is 306 Å². The second kappa shape index (κ2) is 38.8. The highest BCUT2D eigenvalue weighted by molar-refractivity contribution is 6.33.